The maximum Gasteiger partial charge on any atom is 0.272 e. The molecule has 1 N–H and O–H groups in total. The molecule has 7 heteroatoms. The molecular formula is C16H25Cl2N3O2. The molecule has 1 saturated heterocycles. The first-order valence-electron chi connectivity index (χ1n) is 7.44. The number of aryl methyl sites for hydroxylation is 1. The van der Waals surface area contributed by atoms with Crippen LogP contribution in [-0.2, 0) is 0 Å². The summed E-state index contributed by atoms with van der Waals surface area (Å²) in [6, 6.07) is 5.85. The van der Waals surface area contributed by atoms with Gasteiger partial charge in [0.05, 0.1) is 4.92 Å². The third kappa shape index (κ3) is 5.77. The number of nitrogens with zero attached hydrogens (tertiary/aromatic N) is 2. The van der Waals surface area contributed by atoms with Gasteiger partial charge in [0, 0.05) is 43.9 Å². The zero-order chi connectivity index (χ0) is 15.2. The fraction of sp³-hybridized carbons (Fsp3) is 0.500. The minimum atomic E-state index is -0.291. The second kappa shape index (κ2) is 10.6. The van der Waals surface area contributed by atoms with Crippen molar-refractivity contribution in [1.82, 2.24) is 10.2 Å². The SMILES string of the molecule is C=CCC[C@@H](c1ccc(C)c([N+](=O)[O-])c1)N1CCNCC1.Cl.Cl. The largest absolute Gasteiger partial charge is 0.314 e. The van der Waals surface area contributed by atoms with Crippen molar-refractivity contribution in [3.63, 3.8) is 0 Å². The molecular weight excluding hydrogens is 337 g/mol. The average Bonchev–Trinajstić information content (AvgIpc) is 2.50. The van der Waals surface area contributed by atoms with Gasteiger partial charge < -0.3 is 5.32 Å². The van der Waals surface area contributed by atoms with Gasteiger partial charge in [-0.25, -0.2) is 0 Å². The van der Waals surface area contributed by atoms with Crippen molar-refractivity contribution in [2.75, 3.05) is 26.2 Å². The van der Waals surface area contributed by atoms with Gasteiger partial charge in [0.25, 0.3) is 5.69 Å². The van der Waals surface area contributed by atoms with E-state index in [0.29, 0.717) is 5.56 Å². The van der Waals surface area contributed by atoms with E-state index in [0.717, 1.165) is 44.6 Å². The first-order chi connectivity index (χ1) is 10.1. The summed E-state index contributed by atoms with van der Waals surface area (Å²) in [6.07, 6.45) is 3.78. The lowest BCUT2D eigenvalue weighted by Crippen LogP contribution is -2.45. The third-order valence-electron chi connectivity index (χ3n) is 4.05. The molecule has 0 unspecified atom stereocenters. The number of nitro benzene ring substituents is 1. The third-order valence-corrected chi connectivity index (χ3v) is 4.05. The molecule has 1 aromatic carbocycles. The number of benzene rings is 1. The van der Waals surface area contributed by atoms with E-state index in [9.17, 15) is 10.1 Å². The van der Waals surface area contributed by atoms with Crippen LogP contribution in [0.15, 0.2) is 30.9 Å². The zero-order valence-electron chi connectivity index (χ0n) is 13.4. The van der Waals surface area contributed by atoms with E-state index in [1.165, 1.54) is 0 Å². The Labute approximate surface area is 150 Å². The van der Waals surface area contributed by atoms with E-state index in [1.807, 2.05) is 18.2 Å². The van der Waals surface area contributed by atoms with Crippen LogP contribution in [0, 0.1) is 17.0 Å². The lowest BCUT2D eigenvalue weighted by molar-refractivity contribution is -0.385. The van der Waals surface area contributed by atoms with Gasteiger partial charge in [-0.3, -0.25) is 15.0 Å². The lowest BCUT2D eigenvalue weighted by Gasteiger charge is -2.35. The highest BCUT2D eigenvalue weighted by Gasteiger charge is 2.23. The van der Waals surface area contributed by atoms with Gasteiger partial charge in [-0.1, -0.05) is 18.2 Å². The van der Waals surface area contributed by atoms with Gasteiger partial charge in [0.1, 0.15) is 0 Å². The zero-order valence-corrected chi connectivity index (χ0v) is 15.0. The van der Waals surface area contributed by atoms with Crippen LogP contribution >= 0.6 is 24.8 Å². The van der Waals surface area contributed by atoms with Crippen LogP contribution in [-0.4, -0.2) is 36.0 Å². The first-order valence-corrected chi connectivity index (χ1v) is 7.44. The number of piperazine rings is 1. The fourth-order valence-corrected chi connectivity index (χ4v) is 2.86. The van der Waals surface area contributed by atoms with Crippen molar-refractivity contribution >= 4 is 30.5 Å². The Bertz CT molecular complexity index is 520. The van der Waals surface area contributed by atoms with Crippen LogP contribution in [0.25, 0.3) is 0 Å². The minimum absolute atomic E-state index is 0. The molecule has 5 nitrogen and oxygen atoms in total. The molecule has 0 amide bonds. The van der Waals surface area contributed by atoms with Crippen LogP contribution < -0.4 is 5.32 Å². The van der Waals surface area contributed by atoms with E-state index in [-0.39, 0.29) is 41.5 Å². The summed E-state index contributed by atoms with van der Waals surface area (Å²) in [6.45, 7) is 9.47. The van der Waals surface area contributed by atoms with Crippen LogP contribution in [0.4, 0.5) is 5.69 Å². The summed E-state index contributed by atoms with van der Waals surface area (Å²) >= 11 is 0. The summed E-state index contributed by atoms with van der Waals surface area (Å²) in [7, 11) is 0. The molecule has 0 bridgehead atoms. The standard InChI is InChI=1S/C16H23N3O2.2ClH/c1-3-4-5-15(18-10-8-17-9-11-18)14-7-6-13(2)16(12-14)19(20)21;;/h3,6-7,12,15,17H,1,4-5,8-11H2,2H3;2*1H/t15-;;/m0../s1. The summed E-state index contributed by atoms with van der Waals surface area (Å²) in [5.41, 5.74) is 1.97. The summed E-state index contributed by atoms with van der Waals surface area (Å²) in [5, 5.41) is 14.5. The van der Waals surface area contributed by atoms with Crippen molar-refractivity contribution in [3.05, 3.63) is 52.1 Å². The summed E-state index contributed by atoms with van der Waals surface area (Å²) in [5.74, 6) is 0. The van der Waals surface area contributed by atoms with Crippen LogP contribution in [0.5, 0.6) is 0 Å². The van der Waals surface area contributed by atoms with Crippen molar-refractivity contribution in [2.45, 2.75) is 25.8 Å². The topological polar surface area (TPSA) is 58.4 Å². The molecule has 1 aliphatic rings. The highest BCUT2D eigenvalue weighted by Crippen LogP contribution is 2.30. The van der Waals surface area contributed by atoms with Crippen molar-refractivity contribution in [1.29, 1.82) is 0 Å². The van der Waals surface area contributed by atoms with Gasteiger partial charge >= 0.3 is 0 Å². The maximum atomic E-state index is 11.2. The summed E-state index contributed by atoms with van der Waals surface area (Å²) < 4.78 is 0. The number of hydrogen-bond donors (Lipinski definition) is 1. The monoisotopic (exact) mass is 361 g/mol. The Morgan fingerprint density at radius 2 is 2.04 bits per heavy atom. The van der Waals surface area contributed by atoms with Gasteiger partial charge in [-0.15, -0.1) is 31.4 Å². The number of rotatable bonds is 6. The lowest BCUT2D eigenvalue weighted by atomic mass is 9.97. The van der Waals surface area contributed by atoms with Gasteiger partial charge in [0.15, 0.2) is 0 Å². The Morgan fingerprint density at radius 1 is 1.39 bits per heavy atom. The highest BCUT2D eigenvalue weighted by atomic mass is 35.5. The molecule has 0 saturated carbocycles. The maximum absolute atomic E-state index is 11.2. The molecule has 0 aromatic heterocycles. The second-order valence-electron chi connectivity index (χ2n) is 5.47. The molecule has 2 rings (SSSR count). The number of allylic oxidation sites excluding steroid dienone is 1. The number of hydrogen-bond acceptors (Lipinski definition) is 4. The van der Waals surface area contributed by atoms with Gasteiger partial charge in [-0.2, -0.15) is 0 Å². The second-order valence-corrected chi connectivity index (χ2v) is 5.47. The Balaban J connectivity index is 0.00000242. The van der Waals surface area contributed by atoms with Crippen LogP contribution in [0.3, 0.4) is 0 Å². The minimum Gasteiger partial charge on any atom is -0.314 e. The summed E-state index contributed by atoms with van der Waals surface area (Å²) in [4.78, 5) is 13.3. The highest BCUT2D eigenvalue weighted by molar-refractivity contribution is 5.85. The molecule has 1 fully saturated rings. The first kappa shape index (κ1) is 21.9. The van der Waals surface area contributed by atoms with Gasteiger partial charge in [0.2, 0.25) is 0 Å². The van der Waals surface area contributed by atoms with Crippen molar-refractivity contribution in [3.8, 4) is 0 Å². The molecule has 0 radical (unpaired) electrons. The molecule has 1 aliphatic heterocycles. The Morgan fingerprint density at radius 3 is 2.61 bits per heavy atom. The van der Waals surface area contributed by atoms with Crippen molar-refractivity contribution < 1.29 is 4.92 Å². The fourth-order valence-electron chi connectivity index (χ4n) is 2.86. The molecule has 1 atom stereocenters. The number of halogens is 2. The van der Waals surface area contributed by atoms with Crippen LogP contribution in [0.2, 0.25) is 0 Å². The normalized spacial score (nSPS) is 15.9. The average molecular weight is 362 g/mol. The molecule has 130 valence electrons. The van der Waals surface area contributed by atoms with Crippen LogP contribution in [0.1, 0.15) is 30.0 Å². The Kier molecular flexibility index (Phi) is 10.1. The molecule has 0 spiro atoms. The van der Waals surface area contributed by atoms with E-state index in [2.05, 4.69) is 16.8 Å². The number of nitro groups is 1. The number of nitrogens with one attached hydrogen (secondary N) is 1. The van der Waals surface area contributed by atoms with Gasteiger partial charge in [-0.05, 0) is 25.3 Å². The Hall–Kier alpha value is -1.14. The predicted molar refractivity (Wildman–Crippen MR) is 98.9 cm³/mol. The smallest absolute Gasteiger partial charge is 0.272 e. The van der Waals surface area contributed by atoms with E-state index in [4.69, 9.17) is 0 Å². The molecule has 0 aliphatic carbocycles. The van der Waals surface area contributed by atoms with Crippen molar-refractivity contribution in [2.24, 2.45) is 0 Å². The van der Waals surface area contributed by atoms with E-state index in [1.54, 1.807) is 13.0 Å². The quantitative estimate of drug-likeness (QED) is 0.477. The molecule has 1 heterocycles. The molecule has 1 aromatic rings. The van der Waals surface area contributed by atoms with E-state index < -0.39 is 0 Å². The molecule has 23 heavy (non-hydrogen) atoms. The predicted octanol–water partition coefficient (Wildman–Crippen LogP) is 3.66. The van der Waals surface area contributed by atoms with E-state index >= 15 is 0 Å².